The molecule has 0 unspecified atom stereocenters. The lowest BCUT2D eigenvalue weighted by Crippen LogP contribution is -2.26. The fourth-order valence-corrected chi connectivity index (χ4v) is 4.45. The van der Waals surface area contributed by atoms with Gasteiger partial charge in [0.25, 0.3) is 15.9 Å². The van der Waals surface area contributed by atoms with Gasteiger partial charge in [0.2, 0.25) is 0 Å². The lowest BCUT2D eigenvalue weighted by atomic mass is 10.2. The number of ether oxygens (including phenoxy) is 2. The Morgan fingerprint density at radius 1 is 1.00 bits per heavy atom. The number of carbonyl (C=O) groups is 1. The second kappa shape index (κ2) is 9.33. The molecular formula is C24H23N3O5S. The Labute approximate surface area is 192 Å². The quantitative estimate of drug-likeness (QED) is 0.445. The summed E-state index contributed by atoms with van der Waals surface area (Å²) in [6.45, 7) is 2.83. The highest BCUT2D eigenvalue weighted by Crippen LogP contribution is 2.32. The molecule has 0 bridgehead atoms. The highest BCUT2D eigenvalue weighted by Gasteiger charge is 2.21. The number of sulfonamides is 1. The highest BCUT2D eigenvalue weighted by atomic mass is 32.2. The van der Waals surface area contributed by atoms with Crippen molar-refractivity contribution in [1.82, 2.24) is 5.43 Å². The van der Waals surface area contributed by atoms with Gasteiger partial charge < -0.3 is 9.47 Å². The topological polar surface area (TPSA) is 97.3 Å². The van der Waals surface area contributed by atoms with Gasteiger partial charge >= 0.3 is 0 Å². The Bertz CT molecular complexity index is 1290. The summed E-state index contributed by atoms with van der Waals surface area (Å²) in [7, 11) is -2.23. The van der Waals surface area contributed by atoms with Crippen LogP contribution in [0.1, 0.15) is 21.5 Å². The summed E-state index contributed by atoms with van der Waals surface area (Å²) >= 11 is 0. The number of anilines is 1. The standard InChI is InChI=1S/C24H23N3O5S/c1-17-6-12-21(13-7-17)33(29,30)27(2)20-10-8-18(9-11-20)24(28)26-25-16-19-4-3-5-22-23(19)32-15-14-31-22/h3-13,16H,14-15H2,1-2H3,(H,26,28)/b25-16-. The zero-order chi connectivity index (χ0) is 23.4. The van der Waals surface area contributed by atoms with Gasteiger partial charge in [-0.3, -0.25) is 9.10 Å². The third-order valence-corrected chi connectivity index (χ3v) is 6.94. The molecule has 0 aliphatic carbocycles. The van der Waals surface area contributed by atoms with Crippen molar-refractivity contribution >= 4 is 27.8 Å². The SMILES string of the molecule is Cc1ccc(S(=O)(=O)N(C)c2ccc(C(=O)N/N=C\c3cccc4c3OCCO4)cc2)cc1. The number of nitrogens with zero attached hydrogens (tertiary/aromatic N) is 2. The van der Waals surface area contributed by atoms with Crippen LogP contribution in [0.25, 0.3) is 0 Å². The molecule has 1 heterocycles. The monoisotopic (exact) mass is 465 g/mol. The molecule has 0 aromatic heterocycles. The van der Waals surface area contributed by atoms with Crippen LogP contribution < -0.4 is 19.2 Å². The zero-order valence-electron chi connectivity index (χ0n) is 18.2. The summed E-state index contributed by atoms with van der Waals surface area (Å²) in [5.41, 5.74) is 4.90. The molecule has 4 rings (SSSR count). The number of fused-ring (bicyclic) bond motifs is 1. The average Bonchev–Trinajstić information content (AvgIpc) is 2.84. The third kappa shape index (κ3) is 4.83. The van der Waals surface area contributed by atoms with Crippen molar-refractivity contribution in [3.63, 3.8) is 0 Å². The van der Waals surface area contributed by atoms with Crippen LogP contribution in [0, 0.1) is 6.92 Å². The van der Waals surface area contributed by atoms with Crippen molar-refractivity contribution in [2.24, 2.45) is 5.10 Å². The number of hydrogen-bond acceptors (Lipinski definition) is 6. The Morgan fingerprint density at radius 2 is 1.70 bits per heavy atom. The molecule has 9 heteroatoms. The van der Waals surface area contributed by atoms with Gasteiger partial charge in [-0.2, -0.15) is 5.10 Å². The van der Waals surface area contributed by atoms with Gasteiger partial charge in [-0.1, -0.05) is 23.8 Å². The molecular weight excluding hydrogens is 442 g/mol. The molecule has 1 N–H and O–H groups in total. The van der Waals surface area contributed by atoms with Crippen LogP contribution in [-0.2, 0) is 10.0 Å². The number of hydrogen-bond donors (Lipinski definition) is 1. The van der Waals surface area contributed by atoms with E-state index in [9.17, 15) is 13.2 Å². The number of aryl methyl sites for hydroxylation is 1. The van der Waals surface area contributed by atoms with Crippen molar-refractivity contribution in [1.29, 1.82) is 0 Å². The Balaban J connectivity index is 1.43. The van der Waals surface area contributed by atoms with Crippen molar-refractivity contribution in [3.05, 3.63) is 83.4 Å². The van der Waals surface area contributed by atoms with E-state index in [1.165, 1.54) is 17.6 Å². The van der Waals surface area contributed by atoms with E-state index in [2.05, 4.69) is 10.5 Å². The first-order valence-corrected chi connectivity index (χ1v) is 11.7. The predicted molar refractivity (Wildman–Crippen MR) is 126 cm³/mol. The summed E-state index contributed by atoms with van der Waals surface area (Å²) in [4.78, 5) is 12.6. The lowest BCUT2D eigenvalue weighted by molar-refractivity contribution is 0.0955. The van der Waals surface area contributed by atoms with Crippen LogP contribution in [-0.4, -0.2) is 40.8 Å². The average molecular weight is 466 g/mol. The maximum Gasteiger partial charge on any atom is 0.271 e. The van der Waals surface area contributed by atoms with Crippen LogP contribution in [0.5, 0.6) is 11.5 Å². The molecule has 0 saturated heterocycles. The molecule has 1 aliphatic heterocycles. The molecule has 0 radical (unpaired) electrons. The number of amides is 1. The molecule has 3 aromatic rings. The molecule has 1 aliphatic rings. The molecule has 0 atom stereocenters. The first-order chi connectivity index (χ1) is 15.9. The second-order valence-corrected chi connectivity index (χ2v) is 9.37. The van der Waals surface area contributed by atoms with Crippen molar-refractivity contribution in [2.75, 3.05) is 24.6 Å². The molecule has 8 nitrogen and oxygen atoms in total. The number of benzene rings is 3. The number of nitrogens with one attached hydrogen (secondary N) is 1. The smallest absolute Gasteiger partial charge is 0.271 e. The lowest BCUT2D eigenvalue weighted by Gasteiger charge is -2.20. The van der Waals surface area contributed by atoms with Gasteiger partial charge in [0.05, 0.1) is 16.8 Å². The highest BCUT2D eigenvalue weighted by molar-refractivity contribution is 7.92. The fourth-order valence-electron chi connectivity index (χ4n) is 3.25. The van der Waals surface area contributed by atoms with E-state index in [1.807, 2.05) is 25.1 Å². The zero-order valence-corrected chi connectivity index (χ0v) is 19.0. The van der Waals surface area contributed by atoms with Crippen LogP contribution >= 0.6 is 0 Å². The summed E-state index contributed by atoms with van der Waals surface area (Å²) in [6, 6.07) is 18.3. The first-order valence-electron chi connectivity index (χ1n) is 10.2. The number of carbonyl (C=O) groups excluding carboxylic acids is 1. The minimum Gasteiger partial charge on any atom is -0.486 e. The van der Waals surface area contributed by atoms with Gasteiger partial charge in [-0.05, 0) is 55.5 Å². The molecule has 3 aromatic carbocycles. The molecule has 170 valence electrons. The number of hydrazone groups is 1. The van der Waals surface area contributed by atoms with Gasteiger partial charge in [-0.25, -0.2) is 13.8 Å². The van der Waals surface area contributed by atoms with E-state index in [-0.39, 0.29) is 4.90 Å². The van der Waals surface area contributed by atoms with Crippen LogP contribution in [0.2, 0.25) is 0 Å². The fraction of sp³-hybridized carbons (Fsp3) is 0.167. The van der Waals surface area contributed by atoms with E-state index in [4.69, 9.17) is 9.47 Å². The van der Waals surface area contributed by atoms with Crippen LogP contribution in [0.15, 0.2) is 76.7 Å². The van der Waals surface area contributed by atoms with E-state index < -0.39 is 15.9 Å². The van der Waals surface area contributed by atoms with E-state index in [0.717, 1.165) is 5.56 Å². The third-order valence-electron chi connectivity index (χ3n) is 5.14. The predicted octanol–water partition coefficient (Wildman–Crippen LogP) is 3.36. The van der Waals surface area contributed by atoms with Crippen molar-refractivity contribution in [3.8, 4) is 11.5 Å². The minimum absolute atomic E-state index is 0.198. The van der Waals surface area contributed by atoms with Gasteiger partial charge in [-0.15, -0.1) is 0 Å². The van der Waals surface area contributed by atoms with Crippen molar-refractivity contribution < 1.29 is 22.7 Å². The molecule has 0 fully saturated rings. The number of para-hydroxylation sites is 1. The van der Waals surface area contributed by atoms with Gasteiger partial charge in [0.1, 0.15) is 13.2 Å². The molecule has 33 heavy (non-hydrogen) atoms. The first kappa shape index (κ1) is 22.3. The largest absolute Gasteiger partial charge is 0.486 e. The van der Waals surface area contributed by atoms with E-state index in [1.54, 1.807) is 48.5 Å². The Kier molecular flexibility index (Phi) is 6.32. The maximum absolute atomic E-state index is 12.8. The Hall–Kier alpha value is -3.85. The maximum atomic E-state index is 12.8. The summed E-state index contributed by atoms with van der Waals surface area (Å²) < 4.78 is 38.0. The summed E-state index contributed by atoms with van der Waals surface area (Å²) in [6.07, 6.45) is 1.49. The molecule has 1 amide bonds. The van der Waals surface area contributed by atoms with Crippen LogP contribution in [0.4, 0.5) is 5.69 Å². The minimum atomic E-state index is -3.71. The molecule has 0 spiro atoms. The molecule has 0 saturated carbocycles. The van der Waals surface area contributed by atoms with Gasteiger partial charge in [0.15, 0.2) is 11.5 Å². The summed E-state index contributed by atoms with van der Waals surface area (Å²) in [5, 5.41) is 4.00. The van der Waals surface area contributed by atoms with Gasteiger partial charge in [0, 0.05) is 18.2 Å². The summed E-state index contributed by atoms with van der Waals surface area (Å²) in [5.74, 6) is 0.796. The number of rotatable bonds is 6. The van der Waals surface area contributed by atoms with E-state index in [0.29, 0.717) is 41.5 Å². The Morgan fingerprint density at radius 3 is 2.42 bits per heavy atom. The van der Waals surface area contributed by atoms with Crippen LogP contribution in [0.3, 0.4) is 0 Å². The normalized spacial score (nSPS) is 13.0. The van der Waals surface area contributed by atoms with E-state index >= 15 is 0 Å². The van der Waals surface area contributed by atoms with Crippen molar-refractivity contribution in [2.45, 2.75) is 11.8 Å². The second-order valence-electron chi connectivity index (χ2n) is 7.40.